The first-order chi connectivity index (χ1) is 3.71. The molecule has 0 aliphatic rings. The van der Waals surface area contributed by atoms with Crippen LogP contribution in [0.15, 0.2) is 0 Å². The van der Waals surface area contributed by atoms with Crippen LogP contribution in [0, 0.1) is 0 Å². The predicted octanol–water partition coefficient (Wildman–Crippen LogP) is -2.40. The third-order valence-corrected chi connectivity index (χ3v) is 0.738. The molecule has 10 heavy (non-hydrogen) atoms. The van der Waals surface area contributed by atoms with Gasteiger partial charge in [0.15, 0.2) is 0 Å². The first kappa shape index (κ1) is 13.3. The second-order valence-corrected chi connectivity index (χ2v) is 2.81. The second kappa shape index (κ2) is 3.91. The molecular formula is C2H4F3NaO3S. The van der Waals surface area contributed by atoms with E-state index >= 15 is 0 Å². The number of halogens is 3. The van der Waals surface area contributed by atoms with Crippen molar-refractivity contribution in [2.75, 3.05) is 6.26 Å². The predicted molar refractivity (Wildman–Crippen MR) is 23.1 cm³/mol. The summed E-state index contributed by atoms with van der Waals surface area (Å²) in [6.45, 7) is 0. The summed E-state index contributed by atoms with van der Waals surface area (Å²) < 4.78 is 54.9. The van der Waals surface area contributed by atoms with E-state index in [9.17, 15) is 21.6 Å². The normalized spacial score (nSPS) is 12.4. The molecule has 0 unspecified atom stereocenters. The SMILES string of the molecule is CS(=O)(=O)OC(F)(F)F.[H-].[Na+]. The molecule has 0 aromatic heterocycles. The quantitative estimate of drug-likeness (QED) is 0.340. The maximum absolute atomic E-state index is 11.0. The van der Waals surface area contributed by atoms with Crippen LogP contribution in [0.2, 0.25) is 0 Å². The molecule has 0 N–H and O–H groups in total. The molecule has 0 rings (SSSR count). The summed E-state index contributed by atoms with van der Waals surface area (Å²) in [5, 5.41) is 0. The van der Waals surface area contributed by atoms with Crippen molar-refractivity contribution in [1.29, 1.82) is 0 Å². The van der Waals surface area contributed by atoms with Gasteiger partial charge in [0.1, 0.15) is 0 Å². The topological polar surface area (TPSA) is 43.4 Å². The van der Waals surface area contributed by atoms with Gasteiger partial charge in [0.2, 0.25) is 0 Å². The van der Waals surface area contributed by atoms with Gasteiger partial charge < -0.3 is 1.43 Å². The summed E-state index contributed by atoms with van der Waals surface area (Å²) in [4.78, 5) is 0. The molecule has 0 bridgehead atoms. The van der Waals surface area contributed by atoms with E-state index in [1.54, 1.807) is 0 Å². The minimum absolute atomic E-state index is 0. The van der Waals surface area contributed by atoms with Crippen molar-refractivity contribution >= 4 is 10.1 Å². The van der Waals surface area contributed by atoms with Gasteiger partial charge in [-0.25, -0.2) is 0 Å². The minimum atomic E-state index is -5.10. The van der Waals surface area contributed by atoms with Crippen LogP contribution < -0.4 is 29.6 Å². The summed E-state index contributed by atoms with van der Waals surface area (Å²) in [6.07, 6.45) is -4.78. The molecule has 0 radical (unpaired) electrons. The fourth-order valence-corrected chi connectivity index (χ4v) is 0.515. The average Bonchev–Trinajstić information content (AvgIpc) is 1.14. The van der Waals surface area contributed by atoms with Gasteiger partial charge in [-0.05, 0) is 0 Å². The summed E-state index contributed by atoms with van der Waals surface area (Å²) in [6, 6.07) is 0. The monoisotopic (exact) mass is 188 g/mol. The Morgan fingerprint density at radius 2 is 1.70 bits per heavy atom. The Morgan fingerprint density at radius 1 is 1.40 bits per heavy atom. The van der Waals surface area contributed by atoms with Crippen LogP contribution in [0.4, 0.5) is 13.2 Å². The van der Waals surface area contributed by atoms with E-state index in [0.717, 1.165) is 0 Å². The van der Waals surface area contributed by atoms with Gasteiger partial charge in [-0.15, -0.1) is 13.2 Å². The van der Waals surface area contributed by atoms with Crippen molar-refractivity contribution in [1.82, 2.24) is 0 Å². The van der Waals surface area contributed by atoms with Crippen molar-refractivity contribution < 1.29 is 56.8 Å². The molecule has 8 heteroatoms. The van der Waals surface area contributed by atoms with Crippen molar-refractivity contribution in [3.05, 3.63) is 0 Å². The van der Waals surface area contributed by atoms with Crippen LogP contribution in [0.3, 0.4) is 0 Å². The molecule has 0 saturated carbocycles. The molecule has 0 aliphatic carbocycles. The fourth-order valence-electron chi connectivity index (χ4n) is 0.172. The Balaban J connectivity index is -0.000000320. The van der Waals surface area contributed by atoms with Crippen molar-refractivity contribution in [2.24, 2.45) is 0 Å². The summed E-state index contributed by atoms with van der Waals surface area (Å²) in [5.41, 5.74) is 0. The van der Waals surface area contributed by atoms with E-state index in [2.05, 4.69) is 4.18 Å². The largest absolute Gasteiger partial charge is 1.00 e. The van der Waals surface area contributed by atoms with Crippen molar-refractivity contribution in [3.8, 4) is 0 Å². The van der Waals surface area contributed by atoms with Crippen LogP contribution in [-0.2, 0) is 14.3 Å². The number of rotatable bonds is 1. The van der Waals surface area contributed by atoms with Gasteiger partial charge >= 0.3 is 35.9 Å². The Labute approximate surface area is 79.4 Å². The van der Waals surface area contributed by atoms with Gasteiger partial charge in [-0.3, -0.25) is 0 Å². The van der Waals surface area contributed by atoms with E-state index in [1.165, 1.54) is 0 Å². The first-order valence-electron chi connectivity index (χ1n) is 1.68. The summed E-state index contributed by atoms with van der Waals surface area (Å²) in [5.74, 6) is 0. The van der Waals surface area contributed by atoms with Gasteiger partial charge in [0.05, 0.1) is 6.26 Å². The Bertz CT molecular complexity index is 187. The van der Waals surface area contributed by atoms with E-state index in [-0.39, 0.29) is 31.0 Å². The van der Waals surface area contributed by atoms with Crippen LogP contribution in [0.25, 0.3) is 0 Å². The van der Waals surface area contributed by atoms with Crippen LogP contribution in [0.5, 0.6) is 0 Å². The number of alkyl halides is 3. The fraction of sp³-hybridized carbons (Fsp3) is 1.00. The maximum Gasteiger partial charge on any atom is 1.00 e. The third-order valence-electron chi connectivity index (χ3n) is 0.246. The molecule has 0 atom stereocenters. The molecule has 0 saturated heterocycles. The molecule has 58 valence electrons. The average molecular weight is 188 g/mol. The zero-order chi connectivity index (χ0) is 7.71. The molecule has 0 heterocycles. The molecule has 0 aromatic carbocycles. The van der Waals surface area contributed by atoms with Gasteiger partial charge in [0.25, 0.3) is 10.1 Å². The van der Waals surface area contributed by atoms with E-state index < -0.39 is 16.5 Å². The van der Waals surface area contributed by atoms with Gasteiger partial charge in [-0.1, -0.05) is 0 Å². The van der Waals surface area contributed by atoms with Crippen LogP contribution >= 0.6 is 0 Å². The number of hydrogen-bond donors (Lipinski definition) is 0. The molecule has 0 aromatic rings. The summed E-state index contributed by atoms with van der Waals surface area (Å²) in [7, 11) is -4.41. The van der Waals surface area contributed by atoms with E-state index in [4.69, 9.17) is 0 Å². The zero-order valence-electron chi connectivity index (χ0n) is 6.27. The number of hydrogen-bond acceptors (Lipinski definition) is 3. The second-order valence-electron chi connectivity index (χ2n) is 1.23. The summed E-state index contributed by atoms with van der Waals surface area (Å²) >= 11 is 0. The van der Waals surface area contributed by atoms with Gasteiger partial charge in [0, 0.05) is 0 Å². The van der Waals surface area contributed by atoms with E-state index in [1.807, 2.05) is 0 Å². The molecule has 3 nitrogen and oxygen atoms in total. The Hall–Kier alpha value is 0.700. The Morgan fingerprint density at radius 3 is 1.70 bits per heavy atom. The zero-order valence-corrected chi connectivity index (χ0v) is 8.08. The minimum Gasteiger partial charge on any atom is -1.00 e. The van der Waals surface area contributed by atoms with Crippen molar-refractivity contribution in [3.63, 3.8) is 0 Å². The molecule has 0 spiro atoms. The maximum atomic E-state index is 11.0. The smallest absolute Gasteiger partial charge is 1.00 e. The molecular weight excluding hydrogens is 184 g/mol. The van der Waals surface area contributed by atoms with Gasteiger partial charge in [-0.2, -0.15) is 12.6 Å². The first-order valence-corrected chi connectivity index (χ1v) is 3.50. The van der Waals surface area contributed by atoms with Crippen LogP contribution in [-0.4, -0.2) is 21.0 Å². The molecule has 0 fully saturated rings. The molecule has 0 aliphatic heterocycles. The standard InChI is InChI=1S/C2H3F3O3S.Na.H/c1-9(6,7)8-2(3,4)5;;/h1H3;;/q;+1;-1. The van der Waals surface area contributed by atoms with Crippen molar-refractivity contribution in [2.45, 2.75) is 6.36 Å². The van der Waals surface area contributed by atoms with Crippen LogP contribution in [0.1, 0.15) is 1.43 Å². The Kier molecular flexibility index (Phi) is 5.20. The third kappa shape index (κ3) is 11.5. The molecule has 0 amide bonds. The van der Waals surface area contributed by atoms with E-state index in [0.29, 0.717) is 6.26 Å².